The van der Waals surface area contributed by atoms with Gasteiger partial charge in [-0.3, -0.25) is 0 Å². The van der Waals surface area contributed by atoms with E-state index in [-0.39, 0.29) is 12.2 Å². The largest absolute Gasteiger partial charge is 0.478 e. The van der Waals surface area contributed by atoms with Crippen molar-refractivity contribution < 1.29 is 27.8 Å². The van der Waals surface area contributed by atoms with E-state index in [0.717, 1.165) is 4.90 Å². The van der Waals surface area contributed by atoms with Gasteiger partial charge in [0.25, 0.3) is 0 Å². The molecule has 0 aromatic heterocycles. The van der Waals surface area contributed by atoms with Crippen LogP contribution >= 0.6 is 11.8 Å². The maximum atomic E-state index is 11.8. The minimum absolute atomic E-state index is 0.0329. The Hall–Kier alpha value is -1.21. The predicted molar refractivity (Wildman–Crippen MR) is 65.6 cm³/mol. The van der Waals surface area contributed by atoms with Gasteiger partial charge in [0.15, 0.2) is 0 Å². The molecule has 0 fully saturated rings. The van der Waals surface area contributed by atoms with Crippen LogP contribution in [0, 0.1) is 0 Å². The zero-order valence-electron chi connectivity index (χ0n) is 9.94. The predicted octanol–water partition coefficient (Wildman–Crippen LogP) is 3.45. The summed E-state index contributed by atoms with van der Waals surface area (Å²) in [6.07, 6.45) is -3.82. The molecule has 1 rings (SSSR count). The maximum Gasteiger partial charge on any atom is 0.411 e. The number of carboxylic acid groups (broad SMARTS) is 1. The van der Waals surface area contributed by atoms with Gasteiger partial charge in [-0.1, -0.05) is 6.07 Å². The smallest absolute Gasteiger partial charge is 0.411 e. The standard InChI is InChI=1S/C12H13F3O3S/c13-12(14,15)8-18-5-2-6-19-10-4-1-3-9(7-10)11(16)17/h1,3-4,7H,2,5-6,8H2,(H,16,17). The molecular formula is C12H13F3O3S. The van der Waals surface area contributed by atoms with Gasteiger partial charge in [0.1, 0.15) is 6.61 Å². The Labute approximate surface area is 112 Å². The summed E-state index contributed by atoms with van der Waals surface area (Å²) in [6.45, 7) is -1.20. The molecule has 7 heteroatoms. The van der Waals surface area contributed by atoms with Crippen molar-refractivity contribution in [3.05, 3.63) is 29.8 Å². The molecule has 0 amide bonds. The zero-order chi connectivity index (χ0) is 14.3. The van der Waals surface area contributed by atoms with Gasteiger partial charge in [-0.25, -0.2) is 4.79 Å². The SMILES string of the molecule is O=C(O)c1cccc(SCCCOCC(F)(F)F)c1. The van der Waals surface area contributed by atoms with E-state index in [9.17, 15) is 18.0 Å². The second kappa shape index (κ2) is 7.40. The van der Waals surface area contributed by atoms with Gasteiger partial charge in [0.05, 0.1) is 5.56 Å². The molecule has 1 N–H and O–H groups in total. The third kappa shape index (κ3) is 7.07. The van der Waals surface area contributed by atoms with Crippen molar-refractivity contribution in [1.82, 2.24) is 0 Å². The summed E-state index contributed by atoms with van der Waals surface area (Å²) in [6, 6.07) is 6.40. The third-order valence-corrected chi connectivity index (χ3v) is 3.13. The average Bonchev–Trinajstić information content (AvgIpc) is 2.32. The van der Waals surface area contributed by atoms with Crippen molar-refractivity contribution in [1.29, 1.82) is 0 Å². The lowest BCUT2D eigenvalue weighted by Crippen LogP contribution is -2.17. The number of hydrogen-bond donors (Lipinski definition) is 1. The second-order valence-corrected chi connectivity index (χ2v) is 4.87. The number of carboxylic acids is 1. The Kier molecular flexibility index (Phi) is 6.17. The highest BCUT2D eigenvalue weighted by atomic mass is 32.2. The Balaban J connectivity index is 2.23. The van der Waals surface area contributed by atoms with E-state index in [1.54, 1.807) is 12.1 Å². The first-order chi connectivity index (χ1) is 8.88. The van der Waals surface area contributed by atoms with Gasteiger partial charge in [-0.05, 0) is 24.6 Å². The highest BCUT2D eigenvalue weighted by molar-refractivity contribution is 7.99. The van der Waals surface area contributed by atoms with Crippen LogP contribution in [-0.2, 0) is 4.74 Å². The van der Waals surface area contributed by atoms with Crippen LogP contribution in [0.2, 0.25) is 0 Å². The van der Waals surface area contributed by atoms with Crippen LogP contribution in [0.25, 0.3) is 0 Å². The van der Waals surface area contributed by atoms with Crippen LogP contribution in [0.15, 0.2) is 29.2 Å². The molecule has 0 unspecified atom stereocenters. The quantitative estimate of drug-likeness (QED) is 0.618. The summed E-state index contributed by atoms with van der Waals surface area (Å²) in [5, 5.41) is 8.79. The molecule has 0 saturated carbocycles. The molecular weight excluding hydrogens is 281 g/mol. The maximum absolute atomic E-state index is 11.8. The van der Waals surface area contributed by atoms with Crippen molar-refractivity contribution >= 4 is 17.7 Å². The van der Waals surface area contributed by atoms with Crippen LogP contribution < -0.4 is 0 Å². The third-order valence-electron chi connectivity index (χ3n) is 2.05. The van der Waals surface area contributed by atoms with Gasteiger partial charge < -0.3 is 9.84 Å². The number of halogens is 3. The molecule has 0 aliphatic rings. The number of alkyl halides is 3. The minimum Gasteiger partial charge on any atom is -0.478 e. The summed E-state index contributed by atoms with van der Waals surface area (Å²) >= 11 is 1.39. The summed E-state index contributed by atoms with van der Waals surface area (Å²) in [4.78, 5) is 11.5. The Morgan fingerprint density at radius 1 is 1.37 bits per heavy atom. The Morgan fingerprint density at radius 3 is 2.74 bits per heavy atom. The average molecular weight is 294 g/mol. The molecule has 0 aliphatic heterocycles. The van der Waals surface area contributed by atoms with E-state index in [1.165, 1.54) is 23.9 Å². The van der Waals surface area contributed by atoms with E-state index < -0.39 is 18.8 Å². The molecule has 1 aromatic rings. The molecule has 0 spiro atoms. The van der Waals surface area contributed by atoms with Gasteiger partial charge in [0, 0.05) is 17.3 Å². The highest BCUT2D eigenvalue weighted by Crippen LogP contribution is 2.20. The minimum atomic E-state index is -4.29. The molecule has 106 valence electrons. The first-order valence-corrected chi connectivity index (χ1v) is 6.48. The first kappa shape index (κ1) is 15.8. The number of benzene rings is 1. The van der Waals surface area contributed by atoms with Crippen LogP contribution in [0.4, 0.5) is 13.2 Å². The summed E-state index contributed by atoms with van der Waals surface area (Å²) in [7, 11) is 0. The lowest BCUT2D eigenvalue weighted by Gasteiger charge is -2.07. The van der Waals surface area contributed by atoms with Crippen LogP contribution in [0.3, 0.4) is 0 Å². The van der Waals surface area contributed by atoms with Gasteiger partial charge in [-0.2, -0.15) is 13.2 Å². The van der Waals surface area contributed by atoms with Crippen molar-refractivity contribution in [2.45, 2.75) is 17.5 Å². The molecule has 1 aromatic carbocycles. The fourth-order valence-electron chi connectivity index (χ4n) is 1.26. The van der Waals surface area contributed by atoms with Crippen molar-refractivity contribution in [3.8, 4) is 0 Å². The Bertz CT molecular complexity index is 421. The number of aromatic carboxylic acids is 1. The summed E-state index contributed by atoms with van der Waals surface area (Å²) in [5.74, 6) is -0.433. The van der Waals surface area contributed by atoms with Crippen LogP contribution in [0.1, 0.15) is 16.8 Å². The van der Waals surface area contributed by atoms with Crippen LogP contribution in [-0.4, -0.2) is 36.2 Å². The molecule has 0 aliphatic carbocycles. The molecule has 0 saturated heterocycles. The molecule has 3 nitrogen and oxygen atoms in total. The van der Waals surface area contributed by atoms with E-state index in [2.05, 4.69) is 4.74 Å². The molecule has 19 heavy (non-hydrogen) atoms. The normalized spacial score (nSPS) is 11.5. The zero-order valence-corrected chi connectivity index (χ0v) is 10.8. The van der Waals surface area contributed by atoms with Crippen LogP contribution in [0.5, 0.6) is 0 Å². The molecule has 0 heterocycles. The van der Waals surface area contributed by atoms with Crippen molar-refractivity contribution in [3.63, 3.8) is 0 Å². The highest BCUT2D eigenvalue weighted by Gasteiger charge is 2.27. The molecule has 0 atom stereocenters. The van der Waals surface area contributed by atoms with E-state index >= 15 is 0 Å². The van der Waals surface area contributed by atoms with Crippen molar-refractivity contribution in [2.24, 2.45) is 0 Å². The van der Waals surface area contributed by atoms with Gasteiger partial charge in [0.2, 0.25) is 0 Å². The number of rotatable bonds is 7. The summed E-state index contributed by atoms with van der Waals surface area (Å²) < 4.78 is 39.8. The van der Waals surface area contributed by atoms with Gasteiger partial charge >= 0.3 is 12.1 Å². The van der Waals surface area contributed by atoms with E-state index in [0.29, 0.717) is 12.2 Å². The molecule has 0 radical (unpaired) electrons. The Morgan fingerprint density at radius 2 is 2.11 bits per heavy atom. The number of thioether (sulfide) groups is 1. The van der Waals surface area contributed by atoms with Gasteiger partial charge in [-0.15, -0.1) is 11.8 Å². The number of carbonyl (C=O) groups is 1. The number of hydrogen-bond acceptors (Lipinski definition) is 3. The lowest BCUT2D eigenvalue weighted by atomic mass is 10.2. The summed E-state index contributed by atoms with van der Waals surface area (Å²) in [5.41, 5.74) is 0.193. The van der Waals surface area contributed by atoms with E-state index in [1.807, 2.05) is 0 Å². The fourth-order valence-corrected chi connectivity index (χ4v) is 2.14. The lowest BCUT2D eigenvalue weighted by molar-refractivity contribution is -0.173. The molecule has 0 bridgehead atoms. The topological polar surface area (TPSA) is 46.5 Å². The number of ether oxygens (including phenoxy) is 1. The van der Waals surface area contributed by atoms with E-state index in [4.69, 9.17) is 5.11 Å². The first-order valence-electron chi connectivity index (χ1n) is 5.49. The second-order valence-electron chi connectivity index (χ2n) is 3.70. The van der Waals surface area contributed by atoms with Crippen molar-refractivity contribution in [2.75, 3.05) is 19.0 Å². The fraction of sp³-hybridized carbons (Fsp3) is 0.417. The monoisotopic (exact) mass is 294 g/mol.